The molecule has 0 aliphatic heterocycles. The fourth-order valence-corrected chi connectivity index (χ4v) is 2.60. The lowest BCUT2D eigenvalue weighted by Gasteiger charge is -2.25. The minimum Gasteiger partial charge on any atom is -0.285 e. The van der Waals surface area contributed by atoms with Gasteiger partial charge in [-0.2, -0.15) is 0 Å². The second kappa shape index (κ2) is 6.13. The van der Waals surface area contributed by atoms with Crippen molar-refractivity contribution in [3.63, 3.8) is 0 Å². The summed E-state index contributed by atoms with van der Waals surface area (Å²) < 4.78 is 1.50. The standard InChI is InChI=1S/C13H10B6NO/c1-7-10(14)11(18-15)8(2)12(19(16)17)13(7)20-6-4-3-5-9(20)21/h3-6H,1-2H3. The van der Waals surface area contributed by atoms with E-state index >= 15 is 0 Å². The summed E-state index contributed by atoms with van der Waals surface area (Å²) in [5.74, 6) is 0. The Balaban J connectivity index is 2.95. The fourth-order valence-electron chi connectivity index (χ4n) is 2.60. The van der Waals surface area contributed by atoms with E-state index in [9.17, 15) is 4.79 Å². The van der Waals surface area contributed by atoms with E-state index in [1.807, 2.05) is 13.8 Å². The summed E-state index contributed by atoms with van der Waals surface area (Å²) in [6.45, 7) is 2.92. The zero-order valence-electron chi connectivity index (χ0n) is 12.1. The zero-order chi connectivity index (χ0) is 15.7. The predicted molar refractivity (Wildman–Crippen MR) is 94.9 cm³/mol. The molecule has 0 bridgehead atoms. The maximum atomic E-state index is 12.1. The lowest BCUT2D eigenvalue weighted by Crippen LogP contribution is -2.49. The van der Waals surface area contributed by atoms with Gasteiger partial charge in [0.05, 0.1) is 13.7 Å². The molecule has 2 rings (SSSR count). The summed E-state index contributed by atoms with van der Waals surface area (Å²) >= 11 is 0. The largest absolute Gasteiger partial charge is 0.285 e. The van der Waals surface area contributed by atoms with Crippen LogP contribution in [0.15, 0.2) is 29.2 Å². The zero-order valence-corrected chi connectivity index (χ0v) is 12.1. The molecular weight excluding hydrogens is 251 g/mol. The highest BCUT2D eigenvalue weighted by atomic mass is 16.1. The van der Waals surface area contributed by atoms with Crippen LogP contribution in [0, 0.1) is 13.8 Å². The molecule has 1 aromatic heterocycles. The summed E-state index contributed by atoms with van der Waals surface area (Å²) in [5.41, 5.74) is 3.82. The second-order valence-corrected chi connectivity index (χ2v) is 4.94. The Morgan fingerprint density at radius 1 is 1.19 bits per heavy atom. The lowest BCUT2D eigenvalue weighted by molar-refractivity contribution is 0.986. The third-order valence-electron chi connectivity index (χ3n) is 3.68. The first-order valence-electron chi connectivity index (χ1n) is 6.56. The Morgan fingerprint density at radius 2 is 1.86 bits per heavy atom. The minimum absolute atomic E-state index is 0.175. The summed E-state index contributed by atoms with van der Waals surface area (Å²) in [5, 5.41) is 0. The summed E-state index contributed by atoms with van der Waals surface area (Å²) in [4.78, 5) is 12.1. The number of nitrogens with zero attached hydrogens (tertiary/aromatic N) is 1. The maximum Gasteiger partial charge on any atom is 0.255 e. The van der Waals surface area contributed by atoms with Crippen LogP contribution in [0.25, 0.3) is 5.69 Å². The second-order valence-electron chi connectivity index (χ2n) is 4.94. The van der Waals surface area contributed by atoms with Crippen LogP contribution < -0.4 is 21.9 Å². The fraction of sp³-hybridized carbons (Fsp3) is 0.154. The average molecular weight is 261 g/mol. The molecule has 0 atom stereocenters. The van der Waals surface area contributed by atoms with Crippen molar-refractivity contribution in [3.8, 4) is 5.69 Å². The monoisotopic (exact) mass is 262 g/mol. The predicted octanol–water partition coefficient (Wildman–Crippen LogP) is -2.31. The third-order valence-corrected chi connectivity index (χ3v) is 3.68. The van der Waals surface area contributed by atoms with Gasteiger partial charge in [-0.1, -0.05) is 22.6 Å². The molecular formula is C13H10B6NO. The number of rotatable bonds is 3. The van der Waals surface area contributed by atoms with E-state index in [1.165, 1.54) is 17.8 Å². The molecule has 0 spiro atoms. The van der Waals surface area contributed by atoms with Gasteiger partial charge in [0.1, 0.15) is 7.85 Å². The summed E-state index contributed by atoms with van der Waals surface area (Å²) in [7, 11) is 25.1. The van der Waals surface area contributed by atoms with Crippen LogP contribution in [0.3, 0.4) is 0 Å². The Bertz CT molecular complexity index is 740. The number of hydrogen-bond acceptors (Lipinski definition) is 1. The summed E-state index contributed by atoms with van der Waals surface area (Å²) in [6.07, 6.45) is 1.67. The van der Waals surface area contributed by atoms with Crippen LogP contribution in [0.4, 0.5) is 0 Å². The van der Waals surface area contributed by atoms with Crippen LogP contribution in [0.5, 0.6) is 0 Å². The highest BCUT2D eigenvalue weighted by molar-refractivity contribution is 7.35. The molecule has 1 heterocycles. The molecule has 8 heteroatoms. The van der Waals surface area contributed by atoms with Gasteiger partial charge < -0.3 is 0 Å². The first kappa shape index (κ1) is 15.9. The van der Waals surface area contributed by atoms with E-state index in [0.717, 1.165) is 11.1 Å². The summed E-state index contributed by atoms with van der Waals surface area (Å²) in [6, 6.07) is 4.91. The number of aromatic nitrogens is 1. The smallest absolute Gasteiger partial charge is 0.255 e. The normalized spacial score (nSPS) is 10.4. The molecule has 2 nitrogen and oxygen atoms in total. The molecule has 21 heavy (non-hydrogen) atoms. The Morgan fingerprint density at radius 3 is 2.38 bits per heavy atom. The number of hydrogen-bond donors (Lipinski definition) is 0. The van der Waals surface area contributed by atoms with Crippen molar-refractivity contribution < 1.29 is 0 Å². The minimum atomic E-state index is -0.745. The molecule has 0 aliphatic carbocycles. The van der Waals surface area contributed by atoms with Crippen LogP contribution in [0.1, 0.15) is 11.1 Å². The van der Waals surface area contributed by atoms with Gasteiger partial charge in [-0.3, -0.25) is 9.36 Å². The van der Waals surface area contributed by atoms with Crippen molar-refractivity contribution in [1.82, 2.24) is 4.57 Å². The van der Waals surface area contributed by atoms with Gasteiger partial charge in [-0.05, 0) is 25.5 Å². The van der Waals surface area contributed by atoms with Crippen molar-refractivity contribution >= 4 is 61.1 Å². The van der Waals surface area contributed by atoms with Gasteiger partial charge in [-0.25, -0.2) is 0 Å². The van der Waals surface area contributed by atoms with Crippen molar-refractivity contribution in [3.05, 3.63) is 45.9 Å². The molecule has 91 valence electrons. The van der Waals surface area contributed by atoms with Crippen molar-refractivity contribution in [2.24, 2.45) is 0 Å². The van der Waals surface area contributed by atoms with Gasteiger partial charge in [-0.15, -0.1) is 5.46 Å². The Hall–Kier alpha value is -1.44. The lowest BCUT2D eigenvalue weighted by atomic mass is 9.16. The third kappa shape index (κ3) is 2.68. The number of pyridine rings is 1. The molecule has 1 aromatic carbocycles. The molecule has 0 N–H and O–H groups in total. The van der Waals surface area contributed by atoms with Crippen LogP contribution in [-0.4, -0.2) is 49.3 Å². The van der Waals surface area contributed by atoms with Gasteiger partial charge in [0.2, 0.25) is 0 Å². The molecule has 0 fully saturated rings. The van der Waals surface area contributed by atoms with E-state index in [-0.39, 0.29) is 5.56 Å². The Kier molecular flexibility index (Phi) is 4.65. The van der Waals surface area contributed by atoms with E-state index in [2.05, 4.69) is 0 Å². The van der Waals surface area contributed by atoms with Crippen molar-refractivity contribution in [2.75, 3.05) is 0 Å². The van der Waals surface area contributed by atoms with Crippen LogP contribution in [0.2, 0.25) is 0 Å². The average Bonchev–Trinajstić information content (AvgIpc) is 2.43. The Labute approximate surface area is 131 Å². The first-order valence-corrected chi connectivity index (χ1v) is 6.56. The van der Waals surface area contributed by atoms with E-state index in [1.54, 1.807) is 18.3 Å². The first-order chi connectivity index (χ1) is 9.90. The quantitative estimate of drug-likeness (QED) is 0.569. The van der Waals surface area contributed by atoms with Crippen LogP contribution in [-0.2, 0) is 0 Å². The molecule has 0 aliphatic rings. The SMILES string of the molecule is [B][B]c1c([B])c(C)c(-n2ccccc2=O)c(B([B])[B])c1C. The van der Waals surface area contributed by atoms with Gasteiger partial charge in [0, 0.05) is 41.2 Å². The molecule has 0 amide bonds. The topological polar surface area (TPSA) is 22.0 Å². The highest BCUT2D eigenvalue weighted by Gasteiger charge is 2.19. The number of benzene rings is 1. The van der Waals surface area contributed by atoms with Crippen molar-refractivity contribution in [1.29, 1.82) is 0 Å². The molecule has 9 radical (unpaired) electrons. The molecule has 0 unspecified atom stereocenters. The van der Waals surface area contributed by atoms with E-state index in [0.29, 0.717) is 22.1 Å². The van der Waals surface area contributed by atoms with E-state index < -0.39 is 6.49 Å². The van der Waals surface area contributed by atoms with Gasteiger partial charge in [0.15, 0.2) is 0 Å². The van der Waals surface area contributed by atoms with Gasteiger partial charge >= 0.3 is 0 Å². The maximum absolute atomic E-state index is 12.1. The van der Waals surface area contributed by atoms with Gasteiger partial charge in [0.25, 0.3) is 5.56 Å². The van der Waals surface area contributed by atoms with E-state index in [4.69, 9.17) is 31.1 Å². The molecule has 2 aromatic rings. The molecule has 0 saturated heterocycles. The van der Waals surface area contributed by atoms with Crippen molar-refractivity contribution in [2.45, 2.75) is 13.8 Å². The van der Waals surface area contributed by atoms with Crippen LogP contribution >= 0.6 is 0 Å². The molecule has 0 saturated carbocycles. The highest BCUT2D eigenvalue weighted by Crippen LogP contribution is 2.09.